The van der Waals surface area contributed by atoms with E-state index in [-0.39, 0.29) is 43.3 Å². The zero-order valence-corrected chi connectivity index (χ0v) is 41.6. The van der Waals surface area contributed by atoms with E-state index in [1.807, 2.05) is 13.8 Å². The predicted octanol–water partition coefficient (Wildman–Crippen LogP) is 9.24. The Morgan fingerprint density at radius 2 is 1.24 bits per heavy atom. The van der Waals surface area contributed by atoms with Gasteiger partial charge >= 0.3 is 17.9 Å². The molecule has 0 N–H and O–H groups in total. The summed E-state index contributed by atoms with van der Waals surface area (Å²) in [6.07, 6.45) is -8.05. The summed E-state index contributed by atoms with van der Waals surface area (Å²) in [5, 5.41) is 12.0. The van der Waals surface area contributed by atoms with Crippen molar-refractivity contribution >= 4 is 17.9 Å². The van der Waals surface area contributed by atoms with E-state index >= 15 is 0 Å². The fourth-order valence-electron chi connectivity index (χ4n) is 7.68. The molecule has 0 spiro atoms. The van der Waals surface area contributed by atoms with E-state index in [2.05, 4.69) is 30.1 Å². The number of unbranched alkanes of at least 4 members (excludes halogenated alkanes) is 4. The summed E-state index contributed by atoms with van der Waals surface area (Å²) in [4.78, 5) is 48.2. The molecule has 4 rings (SSSR count). The number of benzene rings is 2. The molecule has 5 unspecified atom stereocenters. The first-order valence-corrected chi connectivity index (χ1v) is 24.2. The van der Waals surface area contributed by atoms with E-state index in [9.17, 15) is 31.0 Å². The van der Waals surface area contributed by atoms with Gasteiger partial charge in [-0.2, -0.15) is 0 Å². The Bertz CT molecular complexity index is 2060. The third kappa shape index (κ3) is 18.2. The number of hydrogen-bond acceptors (Lipinski definition) is 17. The van der Waals surface area contributed by atoms with E-state index in [1.165, 1.54) is 7.11 Å². The van der Waals surface area contributed by atoms with Gasteiger partial charge in [0.05, 0.1) is 60.8 Å². The van der Waals surface area contributed by atoms with Crippen molar-refractivity contribution in [2.45, 2.75) is 179 Å². The quantitative estimate of drug-likeness (QED) is 0.0129. The van der Waals surface area contributed by atoms with E-state index in [1.54, 1.807) is 88.4 Å². The van der Waals surface area contributed by atoms with Gasteiger partial charge in [-0.1, -0.05) is 91.8 Å². The Balaban J connectivity index is 1.82. The number of ether oxygens (including phenoxy) is 11. The van der Waals surface area contributed by atoms with Crippen LogP contribution in [-0.2, 0) is 56.9 Å². The number of nitrogens with zero attached hydrogens (tertiary/aromatic N) is 9. The molecular weight excluding hydrogens is 927 g/mol. The Kier molecular flexibility index (Phi) is 25.9. The molecule has 0 saturated carbocycles. The molecule has 0 radical (unpaired) electrons. The van der Waals surface area contributed by atoms with Gasteiger partial charge in [0, 0.05) is 41.0 Å². The highest BCUT2D eigenvalue weighted by atomic mass is 16.8. The zero-order valence-electron chi connectivity index (χ0n) is 41.6. The lowest BCUT2D eigenvalue weighted by Gasteiger charge is -2.49. The van der Waals surface area contributed by atoms with Crippen LogP contribution in [0.1, 0.15) is 114 Å². The van der Waals surface area contributed by atoms with Crippen molar-refractivity contribution < 1.29 is 66.5 Å². The van der Waals surface area contributed by atoms with Gasteiger partial charge in [0.15, 0.2) is 25.0 Å². The van der Waals surface area contributed by atoms with Gasteiger partial charge < -0.3 is 52.1 Å². The zero-order chi connectivity index (χ0) is 51.5. The molecule has 0 aromatic heterocycles. The van der Waals surface area contributed by atoms with Crippen molar-refractivity contribution in [1.29, 1.82) is 0 Å². The number of methoxy groups -OCH3 is 1. The molecule has 2 heterocycles. The van der Waals surface area contributed by atoms with Gasteiger partial charge in [-0.25, -0.2) is 9.59 Å². The lowest BCUT2D eigenvalue weighted by molar-refractivity contribution is -0.363. The summed E-state index contributed by atoms with van der Waals surface area (Å²) in [5.74, 6) is -1.86. The molecule has 390 valence electrons. The topological polar surface area (TPSA) is 299 Å². The molecule has 2 aromatic carbocycles. The van der Waals surface area contributed by atoms with Crippen LogP contribution >= 0.6 is 0 Å². The van der Waals surface area contributed by atoms with Gasteiger partial charge in [-0.15, -0.1) is 0 Å². The Labute approximate surface area is 414 Å². The maximum atomic E-state index is 13.9. The summed E-state index contributed by atoms with van der Waals surface area (Å²) in [6, 6.07) is 13.4. The van der Waals surface area contributed by atoms with Crippen LogP contribution in [0.25, 0.3) is 31.3 Å². The number of azide groups is 3. The summed E-state index contributed by atoms with van der Waals surface area (Å²) in [5.41, 5.74) is 29.5. The minimum absolute atomic E-state index is 0.139. The molecule has 23 nitrogen and oxygen atoms in total. The fourth-order valence-corrected chi connectivity index (χ4v) is 7.68. The van der Waals surface area contributed by atoms with Crippen LogP contribution in [0.2, 0.25) is 0 Å². The molecule has 2 aliphatic rings. The highest BCUT2D eigenvalue weighted by Gasteiger charge is 2.53. The van der Waals surface area contributed by atoms with E-state index in [0.29, 0.717) is 32.1 Å². The third-order valence-electron chi connectivity index (χ3n) is 11.8. The highest BCUT2D eigenvalue weighted by molar-refractivity contribution is 5.90. The minimum atomic E-state index is -1.64. The molecule has 23 heteroatoms. The molecule has 0 bridgehead atoms. The van der Waals surface area contributed by atoms with Crippen LogP contribution in [0.3, 0.4) is 0 Å². The van der Waals surface area contributed by atoms with Crippen LogP contribution in [0.5, 0.6) is 0 Å². The van der Waals surface area contributed by atoms with Crippen molar-refractivity contribution in [2.24, 2.45) is 15.3 Å². The first-order valence-electron chi connectivity index (χ1n) is 24.2. The molecule has 14 atom stereocenters. The van der Waals surface area contributed by atoms with Crippen molar-refractivity contribution in [1.82, 2.24) is 0 Å². The number of carbonyl (C=O) groups excluding carboxylic acids is 3. The Hall–Kier alpha value is -5.54. The van der Waals surface area contributed by atoms with Crippen LogP contribution in [-0.4, -0.2) is 137 Å². The van der Waals surface area contributed by atoms with Gasteiger partial charge in [-0.05, 0) is 87.3 Å². The second-order valence-corrected chi connectivity index (χ2v) is 17.1. The standard InChI is InChI=1S/C48H69N9O14/c1-8-10-26-62-40-38(53-56-50)32(5)67-47(64-28-20-14-19-25-37(58)61-7)43(40)71-48-42(63-27-11-9-2)41(39(54-57-51)33(6)68-48)70-46(66-31(4)30(3)52-55-49)36(69-45(60)35-23-17-13-18-24-35)29-65-44(59)34-21-15-12-16-22-34/h12-13,15-18,21-24,30-33,36,38-43,46-48H,8-11,14,19-20,25-29H2,1-7H3/t30-,31?,32?,33?,36+,38+,39+,40?,41?,42+,43+,46+,47-,48+/m0/s1. The van der Waals surface area contributed by atoms with Crippen LogP contribution in [0, 0.1) is 0 Å². The average molecular weight is 996 g/mol. The van der Waals surface area contributed by atoms with Crippen LogP contribution in [0.15, 0.2) is 76.0 Å². The van der Waals surface area contributed by atoms with E-state index in [0.717, 1.165) is 12.8 Å². The first-order chi connectivity index (χ1) is 34.4. The lowest BCUT2D eigenvalue weighted by Crippen LogP contribution is -2.64. The maximum Gasteiger partial charge on any atom is 0.338 e. The van der Waals surface area contributed by atoms with Gasteiger partial charge in [-0.3, -0.25) is 4.79 Å². The summed E-state index contributed by atoms with van der Waals surface area (Å²) >= 11 is 0. The Morgan fingerprint density at radius 1 is 0.676 bits per heavy atom. The molecule has 2 fully saturated rings. The highest BCUT2D eigenvalue weighted by Crippen LogP contribution is 2.36. The fraction of sp³-hybridized carbons (Fsp3) is 0.688. The summed E-state index contributed by atoms with van der Waals surface area (Å²) < 4.78 is 69.3. The molecule has 2 aromatic rings. The number of rotatable bonds is 31. The van der Waals surface area contributed by atoms with Crippen molar-refractivity contribution in [3.63, 3.8) is 0 Å². The molecule has 2 saturated heterocycles. The Morgan fingerprint density at radius 3 is 1.82 bits per heavy atom. The van der Waals surface area contributed by atoms with E-state index in [4.69, 9.17) is 52.1 Å². The molecule has 0 aliphatic carbocycles. The smallest absolute Gasteiger partial charge is 0.338 e. The van der Waals surface area contributed by atoms with Crippen molar-refractivity contribution in [2.75, 3.05) is 33.5 Å². The van der Waals surface area contributed by atoms with Gasteiger partial charge in [0.25, 0.3) is 0 Å². The number of carbonyl (C=O) groups is 3. The normalized spacial score (nSPS) is 25.7. The number of hydrogen-bond donors (Lipinski definition) is 0. The average Bonchev–Trinajstić information content (AvgIpc) is 3.37. The predicted molar refractivity (Wildman–Crippen MR) is 255 cm³/mol. The second kappa shape index (κ2) is 31.7. The van der Waals surface area contributed by atoms with Gasteiger partial charge in [0.2, 0.25) is 0 Å². The minimum Gasteiger partial charge on any atom is -0.469 e. The largest absolute Gasteiger partial charge is 0.469 e. The van der Waals surface area contributed by atoms with Gasteiger partial charge in [0.1, 0.15) is 24.9 Å². The first kappa shape index (κ1) is 58.0. The molecule has 0 amide bonds. The third-order valence-corrected chi connectivity index (χ3v) is 11.8. The molecule has 2 aliphatic heterocycles. The van der Waals surface area contributed by atoms with Crippen molar-refractivity contribution in [3.8, 4) is 0 Å². The van der Waals surface area contributed by atoms with Crippen LogP contribution in [0.4, 0.5) is 0 Å². The number of esters is 3. The monoisotopic (exact) mass is 995 g/mol. The molecule has 71 heavy (non-hydrogen) atoms. The summed E-state index contributed by atoms with van der Waals surface area (Å²) in [7, 11) is 1.34. The maximum absolute atomic E-state index is 13.9. The van der Waals surface area contributed by atoms with Crippen molar-refractivity contribution in [3.05, 3.63) is 103 Å². The lowest BCUT2D eigenvalue weighted by atomic mass is 9.95. The SMILES string of the molecule is CCCCOC1[C@H](N=[N+]=[N-])C(C)O[C@H](OCCCCCC(=O)OC)[C@@H]1O[C@H]1OC(C)[C@@H](N=[N+]=[N-])C(O[C@@H](OC(C)[C@H](C)N=[N+]=[N-])[C@@H](COC(=O)c2ccccc2)OC(=O)c2ccccc2)[C@H]1OCCCC. The second-order valence-electron chi connectivity index (χ2n) is 17.1. The van der Waals surface area contributed by atoms with Crippen LogP contribution < -0.4 is 0 Å². The summed E-state index contributed by atoms with van der Waals surface area (Å²) in [6.45, 7) is 10.6. The molecular formula is C48H69N9O14. The van der Waals surface area contributed by atoms with E-state index < -0.39 is 104 Å².